The van der Waals surface area contributed by atoms with Crippen LogP contribution < -0.4 is 10.6 Å². The molecule has 1 atom stereocenters. The summed E-state index contributed by atoms with van der Waals surface area (Å²) >= 11 is 0. The van der Waals surface area contributed by atoms with E-state index in [0.717, 1.165) is 34.6 Å². The number of rotatable bonds is 6. The molecule has 0 saturated heterocycles. The highest BCUT2D eigenvalue weighted by Gasteiger charge is 2.07. The molecule has 0 bridgehead atoms. The summed E-state index contributed by atoms with van der Waals surface area (Å²) in [4.78, 5) is 12.9. The van der Waals surface area contributed by atoms with Gasteiger partial charge < -0.3 is 10.6 Å². The van der Waals surface area contributed by atoms with Crippen molar-refractivity contribution in [3.05, 3.63) is 59.2 Å². The van der Waals surface area contributed by atoms with E-state index in [2.05, 4.69) is 36.6 Å². The molecule has 0 aliphatic rings. The monoisotopic (exact) mass is 344 g/mol. The number of urea groups is 1. The number of amides is 2. The van der Waals surface area contributed by atoms with E-state index in [1.54, 1.807) is 6.26 Å². The Morgan fingerprint density at radius 3 is 2.25 bits per heavy atom. The van der Waals surface area contributed by atoms with Crippen LogP contribution in [0.5, 0.6) is 0 Å². The highest BCUT2D eigenvalue weighted by atomic mass is 32.2. The zero-order valence-electron chi connectivity index (χ0n) is 14.4. The highest BCUT2D eigenvalue weighted by Crippen LogP contribution is 2.19. The van der Waals surface area contributed by atoms with Gasteiger partial charge in [0.2, 0.25) is 0 Å². The van der Waals surface area contributed by atoms with Crippen LogP contribution in [0.2, 0.25) is 0 Å². The van der Waals surface area contributed by atoms with Crippen LogP contribution in [0.1, 0.15) is 30.5 Å². The van der Waals surface area contributed by atoms with E-state index < -0.39 is 10.8 Å². The molecule has 4 nitrogen and oxygen atoms in total. The molecule has 2 aromatic carbocycles. The Hall–Kier alpha value is -2.14. The third-order valence-electron chi connectivity index (χ3n) is 3.92. The van der Waals surface area contributed by atoms with Gasteiger partial charge in [-0.25, -0.2) is 4.79 Å². The minimum atomic E-state index is -0.983. The zero-order chi connectivity index (χ0) is 17.5. The first-order valence-corrected chi connectivity index (χ1v) is 9.68. The molecule has 2 rings (SSSR count). The Balaban J connectivity index is 1.97. The summed E-state index contributed by atoms with van der Waals surface area (Å²) in [6.07, 6.45) is 3.46. The standard InChI is InChI=1S/C19H24N2O2S/c1-4-14-6-9-16(5-2)18(12-14)21-19(22)20-13-15-7-10-17(11-8-15)24(3)23/h6-12H,4-5,13H2,1-3H3,(H2,20,21,22)/t24-/m1/s1. The lowest BCUT2D eigenvalue weighted by molar-refractivity contribution is 0.251. The number of hydrogen-bond acceptors (Lipinski definition) is 2. The van der Waals surface area contributed by atoms with E-state index in [4.69, 9.17) is 0 Å². The lowest BCUT2D eigenvalue weighted by Gasteiger charge is -2.13. The fourth-order valence-corrected chi connectivity index (χ4v) is 2.94. The summed E-state index contributed by atoms with van der Waals surface area (Å²) in [6.45, 7) is 4.60. The summed E-state index contributed by atoms with van der Waals surface area (Å²) in [7, 11) is -0.983. The van der Waals surface area contributed by atoms with Crippen LogP contribution in [0.15, 0.2) is 47.4 Å². The number of carbonyl (C=O) groups is 1. The van der Waals surface area contributed by atoms with E-state index in [9.17, 15) is 9.00 Å². The normalized spacial score (nSPS) is 11.8. The molecule has 0 fully saturated rings. The largest absolute Gasteiger partial charge is 0.334 e. The van der Waals surface area contributed by atoms with E-state index in [1.807, 2.05) is 30.3 Å². The summed E-state index contributed by atoms with van der Waals surface area (Å²) < 4.78 is 11.4. The van der Waals surface area contributed by atoms with Crippen LogP contribution >= 0.6 is 0 Å². The molecule has 0 spiro atoms. The second-order valence-corrected chi connectivity index (χ2v) is 6.98. The zero-order valence-corrected chi connectivity index (χ0v) is 15.2. The second-order valence-electron chi connectivity index (χ2n) is 5.60. The lowest BCUT2D eigenvalue weighted by Crippen LogP contribution is -2.28. The molecule has 24 heavy (non-hydrogen) atoms. The molecule has 0 heterocycles. The fourth-order valence-electron chi connectivity index (χ4n) is 2.42. The number of carbonyl (C=O) groups excluding carboxylic acids is 1. The number of benzene rings is 2. The highest BCUT2D eigenvalue weighted by molar-refractivity contribution is 7.84. The van der Waals surface area contributed by atoms with Crippen molar-refractivity contribution in [2.75, 3.05) is 11.6 Å². The molecule has 0 aromatic heterocycles. The van der Waals surface area contributed by atoms with E-state index >= 15 is 0 Å². The topological polar surface area (TPSA) is 58.2 Å². The van der Waals surface area contributed by atoms with Gasteiger partial charge in [0.05, 0.1) is 0 Å². The fraction of sp³-hybridized carbons (Fsp3) is 0.316. The van der Waals surface area contributed by atoms with Gasteiger partial charge in [0.15, 0.2) is 0 Å². The number of nitrogens with one attached hydrogen (secondary N) is 2. The first-order chi connectivity index (χ1) is 11.5. The average Bonchev–Trinajstić information content (AvgIpc) is 2.60. The van der Waals surface area contributed by atoms with Gasteiger partial charge in [0.1, 0.15) is 0 Å². The maximum atomic E-state index is 12.2. The second kappa shape index (κ2) is 8.64. The molecule has 2 N–H and O–H groups in total. The van der Waals surface area contributed by atoms with E-state index in [-0.39, 0.29) is 6.03 Å². The lowest BCUT2D eigenvalue weighted by atomic mass is 10.1. The van der Waals surface area contributed by atoms with E-state index in [0.29, 0.717) is 6.54 Å². The van der Waals surface area contributed by atoms with Crippen molar-refractivity contribution in [2.24, 2.45) is 0 Å². The smallest absolute Gasteiger partial charge is 0.319 e. The molecular formula is C19H24N2O2S. The maximum Gasteiger partial charge on any atom is 0.319 e. The minimum absolute atomic E-state index is 0.221. The number of hydrogen-bond donors (Lipinski definition) is 2. The molecule has 0 aliphatic heterocycles. The predicted octanol–water partition coefficient (Wildman–Crippen LogP) is 3.87. The molecular weight excluding hydrogens is 320 g/mol. The number of anilines is 1. The Labute approximate surface area is 146 Å². The molecule has 5 heteroatoms. The van der Waals surface area contributed by atoms with Crippen molar-refractivity contribution >= 4 is 22.5 Å². The van der Waals surface area contributed by atoms with Crippen molar-refractivity contribution in [2.45, 2.75) is 38.1 Å². The van der Waals surface area contributed by atoms with Gasteiger partial charge in [0.25, 0.3) is 0 Å². The Morgan fingerprint density at radius 1 is 1.00 bits per heavy atom. The van der Waals surface area contributed by atoms with Crippen molar-refractivity contribution in [3.63, 3.8) is 0 Å². The predicted molar refractivity (Wildman–Crippen MR) is 99.8 cm³/mol. The molecule has 0 radical (unpaired) electrons. The third kappa shape index (κ3) is 4.93. The Morgan fingerprint density at radius 2 is 1.67 bits per heavy atom. The molecule has 2 aromatic rings. The first-order valence-electron chi connectivity index (χ1n) is 8.12. The quantitative estimate of drug-likeness (QED) is 0.836. The third-order valence-corrected chi connectivity index (χ3v) is 4.86. The SMILES string of the molecule is CCc1ccc(CC)c(NC(=O)NCc2ccc([S@@](C)=O)cc2)c1. The van der Waals surface area contributed by atoms with Crippen LogP contribution in [0, 0.1) is 0 Å². The van der Waals surface area contributed by atoms with Crippen LogP contribution in [0.25, 0.3) is 0 Å². The van der Waals surface area contributed by atoms with Crippen molar-refractivity contribution in [1.82, 2.24) is 5.32 Å². The van der Waals surface area contributed by atoms with Crippen LogP contribution in [0.3, 0.4) is 0 Å². The maximum absolute atomic E-state index is 12.2. The van der Waals surface area contributed by atoms with Gasteiger partial charge in [-0.2, -0.15) is 0 Å². The van der Waals surface area contributed by atoms with Gasteiger partial charge in [-0.15, -0.1) is 0 Å². The molecule has 0 saturated carbocycles. The van der Waals surface area contributed by atoms with Crippen LogP contribution in [-0.2, 0) is 30.2 Å². The average molecular weight is 344 g/mol. The summed E-state index contributed by atoms with van der Waals surface area (Å²) in [6, 6.07) is 13.4. The van der Waals surface area contributed by atoms with Crippen molar-refractivity contribution < 1.29 is 9.00 Å². The summed E-state index contributed by atoms with van der Waals surface area (Å²) in [5, 5.41) is 5.80. The molecule has 2 amide bonds. The van der Waals surface area contributed by atoms with Crippen molar-refractivity contribution in [3.8, 4) is 0 Å². The van der Waals surface area contributed by atoms with Gasteiger partial charge in [-0.3, -0.25) is 4.21 Å². The van der Waals surface area contributed by atoms with Crippen LogP contribution in [0.4, 0.5) is 10.5 Å². The Bertz CT molecular complexity index is 727. The number of aryl methyl sites for hydroxylation is 2. The molecule has 128 valence electrons. The molecule has 0 unspecified atom stereocenters. The summed E-state index contributed by atoms with van der Waals surface area (Å²) in [5.74, 6) is 0. The Kier molecular flexibility index (Phi) is 6.55. The van der Waals surface area contributed by atoms with Gasteiger partial charge in [-0.05, 0) is 47.7 Å². The van der Waals surface area contributed by atoms with Gasteiger partial charge in [-0.1, -0.05) is 38.1 Å². The summed E-state index contributed by atoms with van der Waals surface area (Å²) in [5.41, 5.74) is 4.16. The minimum Gasteiger partial charge on any atom is -0.334 e. The molecule has 0 aliphatic carbocycles. The van der Waals surface area contributed by atoms with Crippen molar-refractivity contribution in [1.29, 1.82) is 0 Å². The van der Waals surface area contributed by atoms with E-state index in [1.165, 1.54) is 5.56 Å². The van der Waals surface area contributed by atoms with Crippen LogP contribution in [-0.4, -0.2) is 16.5 Å². The first kappa shape index (κ1) is 18.2. The van der Waals surface area contributed by atoms with Gasteiger partial charge >= 0.3 is 6.03 Å². The van der Waals surface area contributed by atoms with Gasteiger partial charge in [0, 0.05) is 34.2 Å².